The lowest BCUT2D eigenvalue weighted by Gasteiger charge is -2.19. The third-order valence-corrected chi connectivity index (χ3v) is 5.08. The molecule has 0 fully saturated rings. The molecule has 1 amide bonds. The van der Waals surface area contributed by atoms with E-state index in [1.165, 1.54) is 11.3 Å². The van der Waals surface area contributed by atoms with Crippen molar-refractivity contribution >= 4 is 17.1 Å². The lowest BCUT2D eigenvalue weighted by molar-refractivity contribution is 0.0951. The van der Waals surface area contributed by atoms with Crippen LogP contribution in [0.3, 0.4) is 0 Å². The number of aromatic nitrogens is 2. The Bertz CT molecular complexity index is 983. The number of para-hydroxylation sites is 1. The normalized spacial score (nSPS) is 13.8. The number of carbonyl (C=O) groups is 1. The van der Waals surface area contributed by atoms with Crippen LogP contribution >= 0.6 is 0 Å². The van der Waals surface area contributed by atoms with Gasteiger partial charge in [0.15, 0.2) is 5.69 Å². The van der Waals surface area contributed by atoms with Crippen LogP contribution in [0.5, 0.6) is 0 Å². The molecule has 27 heavy (non-hydrogen) atoms. The molecule has 0 bridgehead atoms. The molecule has 1 aliphatic heterocycles. The minimum Gasteiger partial charge on any atom is -0.369 e. The van der Waals surface area contributed by atoms with Crippen LogP contribution in [0.1, 0.15) is 42.6 Å². The summed E-state index contributed by atoms with van der Waals surface area (Å²) in [6, 6.07) is 14.4. The number of carbonyl (C=O) groups excluding carboxylic acids is 1. The summed E-state index contributed by atoms with van der Waals surface area (Å²) in [5, 5.41) is 3.06. The van der Waals surface area contributed by atoms with Gasteiger partial charge in [-0.3, -0.25) is 4.79 Å². The zero-order valence-electron chi connectivity index (χ0n) is 16.2. The maximum Gasteiger partial charge on any atom is 0.272 e. The summed E-state index contributed by atoms with van der Waals surface area (Å²) in [5.41, 5.74) is 3.89. The second kappa shape index (κ2) is 6.72. The van der Waals surface area contributed by atoms with E-state index >= 15 is 0 Å². The molecule has 5 heteroatoms. The van der Waals surface area contributed by atoms with Crippen LogP contribution in [0.15, 0.2) is 48.7 Å². The molecule has 1 N–H and O–H groups in total. The summed E-state index contributed by atoms with van der Waals surface area (Å²) in [4.78, 5) is 19.8. The third-order valence-electron chi connectivity index (χ3n) is 5.08. The van der Waals surface area contributed by atoms with Gasteiger partial charge in [0.2, 0.25) is 0 Å². The molecule has 0 spiro atoms. The first-order chi connectivity index (χ1) is 12.9. The lowest BCUT2D eigenvalue weighted by Crippen LogP contribution is -2.34. The minimum absolute atomic E-state index is 0.110. The SMILES string of the molecule is CC(C)(C)c1nc(C(=O)NCCN2CCc3ccccc32)c2ccccn12. The molecule has 1 aliphatic rings. The van der Waals surface area contributed by atoms with Crippen molar-refractivity contribution in [1.29, 1.82) is 0 Å². The lowest BCUT2D eigenvalue weighted by atomic mass is 9.96. The highest BCUT2D eigenvalue weighted by Gasteiger charge is 2.25. The Balaban J connectivity index is 1.48. The Morgan fingerprint density at radius 2 is 1.93 bits per heavy atom. The molecule has 1 aromatic carbocycles. The van der Waals surface area contributed by atoms with Gasteiger partial charge in [-0.1, -0.05) is 45.0 Å². The van der Waals surface area contributed by atoms with Gasteiger partial charge >= 0.3 is 0 Å². The van der Waals surface area contributed by atoms with E-state index in [-0.39, 0.29) is 11.3 Å². The summed E-state index contributed by atoms with van der Waals surface area (Å²) in [6.07, 6.45) is 3.05. The standard InChI is InChI=1S/C22H26N4O/c1-22(2,3)21-24-19(18-10-6-7-13-26(18)21)20(27)23-12-15-25-14-11-16-8-4-5-9-17(16)25/h4-10,13H,11-12,14-15H2,1-3H3,(H,23,27). The van der Waals surface area contributed by atoms with Crippen molar-refractivity contribution in [2.24, 2.45) is 0 Å². The summed E-state index contributed by atoms with van der Waals surface area (Å²) in [7, 11) is 0. The summed E-state index contributed by atoms with van der Waals surface area (Å²) >= 11 is 0. The van der Waals surface area contributed by atoms with Crippen LogP contribution in [0.4, 0.5) is 5.69 Å². The summed E-state index contributed by atoms with van der Waals surface area (Å²) in [6.45, 7) is 8.76. The molecule has 140 valence electrons. The molecular formula is C22H26N4O. The van der Waals surface area contributed by atoms with Gasteiger partial charge in [-0.15, -0.1) is 0 Å². The maximum absolute atomic E-state index is 12.8. The number of hydrogen-bond acceptors (Lipinski definition) is 3. The predicted octanol–water partition coefficient (Wildman–Crippen LogP) is 3.42. The number of benzene rings is 1. The number of fused-ring (bicyclic) bond motifs is 2. The Morgan fingerprint density at radius 1 is 1.15 bits per heavy atom. The summed E-state index contributed by atoms with van der Waals surface area (Å²) in [5.74, 6) is 0.790. The molecule has 0 atom stereocenters. The van der Waals surface area contributed by atoms with Gasteiger partial charge in [0.1, 0.15) is 5.82 Å². The van der Waals surface area contributed by atoms with Crippen LogP contribution in [-0.2, 0) is 11.8 Å². The van der Waals surface area contributed by atoms with Crippen LogP contribution in [0.25, 0.3) is 5.52 Å². The second-order valence-corrected chi connectivity index (χ2v) is 8.11. The van der Waals surface area contributed by atoms with Gasteiger partial charge in [0.05, 0.1) is 5.52 Å². The first-order valence-corrected chi connectivity index (χ1v) is 9.54. The molecule has 0 saturated carbocycles. The van der Waals surface area contributed by atoms with E-state index in [9.17, 15) is 4.79 Å². The average Bonchev–Trinajstić information content (AvgIpc) is 3.23. The molecule has 0 radical (unpaired) electrons. The monoisotopic (exact) mass is 362 g/mol. The molecule has 3 aromatic rings. The van der Waals surface area contributed by atoms with Gasteiger partial charge in [-0.05, 0) is 30.2 Å². The molecule has 4 rings (SSSR count). The van der Waals surface area contributed by atoms with Crippen LogP contribution < -0.4 is 10.2 Å². The number of nitrogens with zero attached hydrogens (tertiary/aromatic N) is 3. The largest absolute Gasteiger partial charge is 0.369 e. The molecule has 3 heterocycles. The number of hydrogen-bond donors (Lipinski definition) is 1. The number of amides is 1. The van der Waals surface area contributed by atoms with Crippen LogP contribution in [0, 0.1) is 0 Å². The van der Waals surface area contributed by atoms with Gasteiger partial charge in [0.25, 0.3) is 5.91 Å². The van der Waals surface area contributed by atoms with E-state index in [1.54, 1.807) is 0 Å². The van der Waals surface area contributed by atoms with Gasteiger partial charge in [-0.25, -0.2) is 4.98 Å². The van der Waals surface area contributed by atoms with E-state index in [2.05, 4.69) is 60.2 Å². The third kappa shape index (κ3) is 3.29. The van der Waals surface area contributed by atoms with Crippen molar-refractivity contribution in [2.45, 2.75) is 32.6 Å². The van der Waals surface area contributed by atoms with Crippen LogP contribution in [0.2, 0.25) is 0 Å². The van der Waals surface area contributed by atoms with E-state index in [0.29, 0.717) is 12.2 Å². The molecule has 0 saturated heterocycles. The van der Waals surface area contributed by atoms with Crippen molar-refractivity contribution in [1.82, 2.24) is 14.7 Å². The fourth-order valence-electron chi connectivity index (χ4n) is 3.76. The Hall–Kier alpha value is -2.82. The zero-order chi connectivity index (χ0) is 19.0. The van der Waals surface area contributed by atoms with Crippen LogP contribution in [-0.4, -0.2) is 34.9 Å². The second-order valence-electron chi connectivity index (χ2n) is 8.11. The molecule has 2 aromatic heterocycles. The predicted molar refractivity (Wildman–Crippen MR) is 109 cm³/mol. The quantitative estimate of drug-likeness (QED) is 0.774. The molecule has 5 nitrogen and oxygen atoms in total. The van der Waals surface area contributed by atoms with E-state index in [0.717, 1.165) is 30.9 Å². The Kier molecular flexibility index (Phi) is 4.38. The number of anilines is 1. The highest BCUT2D eigenvalue weighted by atomic mass is 16.1. The number of imidazole rings is 1. The number of rotatable bonds is 4. The van der Waals surface area contributed by atoms with Gasteiger partial charge in [-0.2, -0.15) is 0 Å². The Morgan fingerprint density at radius 3 is 2.74 bits per heavy atom. The fraction of sp³-hybridized carbons (Fsp3) is 0.364. The van der Waals surface area contributed by atoms with E-state index in [1.807, 2.05) is 28.8 Å². The average molecular weight is 362 g/mol. The molecular weight excluding hydrogens is 336 g/mol. The highest BCUT2D eigenvalue weighted by Crippen LogP contribution is 2.27. The number of nitrogens with one attached hydrogen (secondary N) is 1. The smallest absolute Gasteiger partial charge is 0.272 e. The molecule has 0 unspecified atom stereocenters. The number of pyridine rings is 1. The zero-order valence-corrected chi connectivity index (χ0v) is 16.2. The van der Waals surface area contributed by atoms with Crippen molar-refractivity contribution in [3.05, 3.63) is 65.7 Å². The van der Waals surface area contributed by atoms with Crippen molar-refractivity contribution in [2.75, 3.05) is 24.5 Å². The summed E-state index contributed by atoms with van der Waals surface area (Å²) < 4.78 is 2.02. The van der Waals surface area contributed by atoms with E-state index < -0.39 is 0 Å². The maximum atomic E-state index is 12.8. The minimum atomic E-state index is -0.137. The van der Waals surface area contributed by atoms with E-state index in [4.69, 9.17) is 0 Å². The first kappa shape index (κ1) is 17.6. The Labute approximate surface area is 160 Å². The fourth-order valence-corrected chi connectivity index (χ4v) is 3.76. The van der Waals surface area contributed by atoms with Gasteiger partial charge in [0, 0.05) is 36.9 Å². The topological polar surface area (TPSA) is 49.6 Å². The first-order valence-electron chi connectivity index (χ1n) is 9.54. The van der Waals surface area contributed by atoms with Crippen molar-refractivity contribution in [3.63, 3.8) is 0 Å². The van der Waals surface area contributed by atoms with Crippen molar-refractivity contribution in [3.8, 4) is 0 Å². The highest BCUT2D eigenvalue weighted by molar-refractivity contribution is 5.99. The van der Waals surface area contributed by atoms with Gasteiger partial charge < -0.3 is 14.6 Å². The van der Waals surface area contributed by atoms with Crippen molar-refractivity contribution < 1.29 is 4.79 Å². The molecule has 0 aliphatic carbocycles.